The maximum atomic E-state index is 10.6. The lowest BCUT2D eigenvalue weighted by Crippen LogP contribution is -2.31. The van der Waals surface area contributed by atoms with E-state index in [-0.39, 0.29) is 12.1 Å². The van der Waals surface area contributed by atoms with Crippen LogP contribution in [0.5, 0.6) is 0 Å². The van der Waals surface area contributed by atoms with Gasteiger partial charge in [0, 0.05) is 23.5 Å². The van der Waals surface area contributed by atoms with E-state index < -0.39 is 21.8 Å². The summed E-state index contributed by atoms with van der Waals surface area (Å²) in [5.74, 6) is 0. The molecule has 7 nitrogen and oxygen atoms in total. The highest BCUT2D eigenvalue weighted by atomic mass is 16.6. The number of hydrogen-bond acceptors (Lipinski definition) is 5. The van der Waals surface area contributed by atoms with Gasteiger partial charge in [0.1, 0.15) is 6.29 Å². The summed E-state index contributed by atoms with van der Waals surface area (Å²) >= 11 is 0. The van der Waals surface area contributed by atoms with Gasteiger partial charge in [-0.3, -0.25) is 20.2 Å². The van der Waals surface area contributed by atoms with Gasteiger partial charge in [0.05, 0.1) is 10.3 Å². The van der Waals surface area contributed by atoms with Gasteiger partial charge >= 0.3 is 0 Å². The van der Waals surface area contributed by atoms with Crippen LogP contribution < -0.4 is 0 Å². The van der Waals surface area contributed by atoms with Gasteiger partial charge in [-0.2, -0.15) is 0 Å². The second kappa shape index (κ2) is 5.35. The molecule has 0 aliphatic rings. The summed E-state index contributed by atoms with van der Waals surface area (Å²) in [4.78, 5) is 30.7. The first-order chi connectivity index (χ1) is 8.39. The normalized spacial score (nSPS) is 13.6. The van der Waals surface area contributed by atoms with Gasteiger partial charge < -0.3 is 4.79 Å². The van der Waals surface area contributed by atoms with Crippen molar-refractivity contribution in [2.45, 2.75) is 18.8 Å². The Morgan fingerprint density at radius 2 is 1.78 bits per heavy atom. The van der Waals surface area contributed by atoms with E-state index in [9.17, 15) is 25.0 Å². The minimum absolute atomic E-state index is 0.00814. The van der Waals surface area contributed by atoms with Crippen molar-refractivity contribution in [1.29, 1.82) is 0 Å². The lowest BCUT2D eigenvalue weighted by molar-refractivity contribution is -0.490. The highest BCUT2D eigenvalue weighted by molar-refractivity contribution is 5.54. The fourth-order valence-corrected chi connectivity index (χ4v) is 1.73. The number of nitro groups is 2. The van der Waals surface area contributed by atoms with E-state index in [0.717, 1.165) is 0 Å². The summed E-state index contributed by atoms with van der Waals surface area (Å²) in [5, 5.41) is 21.1. The zero-order valence-corrected chi connectivity index (χ0v) is 9.74. The molecule has 18 heavy (non-hydrogen) atoms. The number of rotatable bonds is 6. The van der Waals surface area contributed by atoms with Gasteiger partial charge in [0.15, 0.2) is 0 Å². The molecular formula is C11H12N2O5. The number of hydrogen-bond donors (Lipinski definition) is 0. The van der Waals surface area contributed by atoms with Crippen molar-refractivity contribution in [3.05, 3.63) is 50.1 Å². The number of non-ortho nitro benzene ring substituents is 1. The number of nitro benzene ring substituents is 1. The summed E-state index contributed by atoms with van der Waals surface area (Å²) in [5.41, 5.74) is -0.495. The molecule has 0 N–H and O–H groups in total. The molecule has 0 bridgehead atoms. The Morgan fingerprint density at radius 3 is 2.17 bits per heavy atom. The molecule has 1 aromatic carbocycles. The Morgan fingerprint density at radius 1 is 1.22 bits per heavy atom. The first-order valence-corrected chi connectivity index (χ1v) is 5.19. The van der Waals surface area contributed by atoms with Crippen molar-refractivity contribution in [2.24, 2.45) is 0 Å². The highest BCUT2D eigenvalue weighted by Crippen LogP contribution is 2.28. The topological polar surface area (TPSA) is 103 Å². The molecule has 0 amide bonds. The molecule has 0 aliphatic heterocycles. The third kappa shape index (κ3) is 3.09. The minimum atomic E-state index is -0.944. The predicted octanol–water partition coefficient (Wildman–Crippen LogP) is 1.72. The van der Waals surface area contributed by atoms with Crippen molar-refractivity contribution < 1.29 is 14.6 Å². The maximum Gasteiger partial charge on any atom is 0.269 e. The SMILES string of the molecule is C[C@@](CC=O)(C[N+](=O)[O-])c1ccc([N+](=O)[O-])cc1. The van der Waals surface area contributed by atoms with Gasteiger partial charge in [-0.15, -0.1) is 0 Å². The van der Waals surface area contributed by atoms with E-state index in [2.05, 4.69) is 0 Å². The lowest BCUT2D eigenvalue weighted by atomic mass is 9.80. The molecule has 1 aromatic rings. The molecule has 0 unspecified atom stereocenters. The second-order valence-electron chi connectivity index (χ2n) is 4.23. The number of carbonyl (C=O) groups is 1. The van der Waals surface area contributed by atoms with Crippen LogP contribution in [-0.2, 0) is 10.2 Å². The average Bonchev–Trinajstić information content (AvgIpc) is 2.28. The molecule has 0 saturated heterocycles. The zero-order chi connectivity index (χ0) is 13.8. The number of carbonyl (C=O) groups excluding carboxylic acids is 1. The summed E-state index contributed by atoms with van der Waals surface area (Å²) in [6.07, 6.45) is 0.608. The van der Waals surface area contributed by atoms with Crippen LogP contribution in [0.4, 0.5) is 5.69 Å². The first-order valence-electron chi connectivity index (χ1n) is 5.19. The average molecular weight is 252 g/mol. The molecule has 1 rings (SSSR count). The molecule has 0 aliphatic carbocycles. The standard InChI is InChI=1S/C11H12N2O5/c1-11(6-7-14,8-12(15)16)9-2-4-10(5-3-9)13(17)18/h2-5,7H,6,8H2,1H3/t11-/m1/s1. The van der Waals surface area contributed by atoms with Crippen LogP contribution in [0.15, 0.2) is 24.3 Å². The lowest BCUT2D eigenvalue weighted by Gasteiger charge is -2.23. The van der Waals surface area contributed by atoms with Gasteiger partial charge in [0.2, 0.25) is 6.54 Å². The molecule has 0 spiro atoms. The predicted molar refractivity (Wildman–Crippen MR) is 63.0 cm³/mol. The first kappa shape index (κ1) is 13.8. The molecule has 0 aromatic heterocycles. The molecule has 7 heteroatoms. The number of nitrogens with zero attached hydrogens (tertiary/aromatic N) is 2. The monoisotopic (exact) mass is 252 g/mol. The number of aldehydes is 1. The van der Waals surface area contributed by atoms with Crippen LogP contribution >= 0.6 is 0 Å². The summed E-state index contributed by atoms with van der Waals surface area (Å²) in [7, 11) is 0. The quantitative estimate of drug-likeness (QED) is 0.435. The van der Waals surface area contributed by atoms with Gasteiger partial charge in [-0.05, 0) is 12.5 Å². The van der Waals surface area contributed by atoms with Crippen LogP contribution in [0.25, 0.3) is 0 Å². The minimum Gasteiger partial charge on any atom is -0.303 e. The summed E-state index contributed by atoms with van der Waals surface area (Å²) in [6, 6.07) is 5.45. The van der Waals surface area contributed by atoms with E-state index >= 15 is 0 Å². The summed E-state index contributed by atoms with van der Waals surface area (Å²) < 4.78 is 0. The van der Waals surface area contributed by atoms with Crippen molar-refractivity contribution in [2.75, 3.05) is 6.54 Å². The molecule has 0 saturated carbocycles. The van der Waals surface area contributed by atoms with Gasteiger partial charge in [-0.1, -0.05) is 12.1 Å². The third-order valence-corrected chi connectivity index (χ3v) is 2.79. The Balaban J connectivity index is 3.09. The van der Waals surface area contributed by atoms with Crippen molar-refractivity contribution >= 4 is 12.0 Å². The fourth-order valence-electron chi connectivity index (χ4n) is 1.73. The highest BCUT2D eigenvalue weighted by Gasteiger charge is 2.32. The fraction of sp³-hybridized carbons (Fsp3) is 0.364. The van der Waals surface area contributed by atoms with E-state index in [1.54, 1.807) is 6.92 Å². The van der Waals surface area contributed by atoms with Crippen LogP contribution in [0.2, 0.25) is 0 Å². The molecule has 0 heterocycles. The third-order valence-electron chi connectivity index (χ3n) is 2.79. The molecule has 96 valence electrons. The van der Waals surface area contributed by atoms with E-state index in [0.29, 0.717) is 11.8 Å². The van der Waals surface area contributed by atoms with Crippen LogP contribution in [0.1, 0.15) is 18.9 Å². The van der Waals surface area contributed by atoms with Crippen LogP contribution in [0.3, 0.4) is 0 Å². The van der Waals surface area contributed by atoms with Gasteiger partial charge in [0.25, 0.3) is 5.69 Å². The Labute approximate surface area is 103 Å². The molecule has 1 atom stereocenters. The van der Waals surface area contributed by atoms with Crippen molar-refractivity contribution in [3.63, 3.8) is 0 Å². The van der Waals surface area contributed by atoms with Gasteiger partial charge in [-0.25, -0.2) is 0 Å². The van der Waals surface area contributed by atoms with E-state index in [4.69, 9.17) is 0 Å². The second-order valence-corrected chi connectivity index (χ2v) is 4.23. The van der Waals surface area contributed by atoms with E-state index in [1.165, 1.54) is 24.3 Å². The van der Waals surface area contributed by atoms with Crippen LogP contribution in [-0.4, -0.2) is 22.7 Å². The maximum absolute atomic E-state index is 10.6. The Kier molecular flexibility index (Phi) is 4.09. The largest absolute Gasteiger partial charge is 0.303 e. The molecule has 0 radical (unpaired) electrons. The Hall–Kier alpha value is -2.31. The smallest absolute Gasteiger partial charge is 0.269 e. The number of benzene rings is 1. The zero-order valence-electron chi connectivity index (χ0n) is 9.74. The molecule has 0 fully saturated rings. The van der Waals surface area contributed by atoms with Crippen LogP contribution in [0, 0.1) is 20.2 Å². The van der Waals surface area contributed by atoms with Crippen molar-refractivity contribution in [3.8, 4) is 0 Å². The Bertz CT molecular complexity index is 471. The summed E-state index contributed by atoms with van der Waals surface area (Å²) in [6.45, 7) is 1.19. The van der Waals surface area contributed by atoms with Crippen molar-refractivity contribution in [1.82, 2.24) is 0 Å². The van der Waals surface area contributed by atoms with E-state index in [1.807, 2.05) is 0 Å². The molecular weight excluding hydrogens is 240 g/mol.